The van der Waals surface area contributed by atoms with Gasteiger partial charge in [0.15, 0.2) is 0 Å². The standard InChI is InChI=1S/C19H26N2O3.ClH/c1-24-17(22)16(11-14-7-3-2-4-8-14)21-18(23)19-10-6-5-9-15(19)12-20-13-19;/h2-4,7-8,15-16,20H,5-6,9-13H2,1H3,(H,21,23);1H/t15-,16?,19+;/m0./s1. The number of carbonyl (C=O) groups excluding carboxylic acids is 2. The van der Waals surface area contributed by atoms with E-state index in [0.717, 1.165) is 31.4 Å². The van der Waals surface area contributed by atoms with Crippen molar-refractivity contribution in [2.24, 2.45) is 11.3 Å². The van der Waals surface area contributed by atoms with Gasteiger partial charge in [-0.05, 0) is 30.9 Å². The third-order valence-electron chi connectivity index (χ3n) is 5.56. The summed E-state index contributed by atoms with van der Waals surface area (Å²) in [5, 5.41) is 6.37. The first-order chi connectivity index (χ1) is 11.7. The Balaban J connectivity index is 0.00000225. The minimum Gasteiger partial charge on any atom is -0.467 e. The molecule has 6 heteroatoms. The molecule has 3 atom stereocenters. The van der Waals surface area contributed by atoms with Gasteiger partial charge >= 0.3 is 5.97 Å². The van der Waals surface area contributed by atoms with Crippen molar-refractivity contribution in [3.63, 3.8) is 0 Å². The van der Waals surface area contributed by atoms with E-state index in [1.54, 1.807) is 0 Å². The Labute approximate surface area is 155 Å². The molecule has 1 amide bonds. The largest absolute Gasteiger partial charge is 0.467 e. The second kappa shape index (κ2) is 8.68. The number of rotatable bonds is 5. The fraction of sp³-hybridized carbons (Fsp3) is 0.579. The molecule has 2 N–H and O–H groups in total. The molecular weight excluding hydrogens is 340 g/mol. The minimum absolute atomic E-state index is 0. The lowest BCUT2D eigenvalue weighted by molar-refractivity contribution is -0.147. The van der Waals surface area contributed by atoms with E-state index in [1.807, 2.05) is 30.3 Å². The van der Waals surface area contributed by atoms with Crippen molar-refractivity contribution in [1.29, 1.82) is 0 Å². The third-order valence-corrected chi connectivity index (χ3v) is 5.56. The molecule has 5 nitrogen and oxygen atoms in total. The molecule has 3 rings (SSSR count). The average molecular weight is 367 g/mol. The van der Waals surface area contributed by atoms with Crippen LogP contribution < -0.4 is 10.6 Å². The van der Waals surface area contributed by atoms with Crippen LogP contribution in [0.3, 0.4) is 0 Å². The van der Waals surface area contributed by atoms with Gasteiger partial charge in [-0.2, -0.15) is 0 Å². The Morgan fingerprint density at radius 2 is 2.08 bits per heavy atom. The topological polar surface area (TPSA) is 67.4 Å². The van der Waals surface area contributed by atoms with Gasteiger partial charge in [-0.25, -0.2) is 4.79 Å². The molecule has 0 spiro atoms. The number of carbonyl (C=O) groups is 2. The van der Waals surface area contributed by atoms with Crippen molar-refractivity contribution < 1.29 is 14.3 Å². The predicted molar refractivity (Wildman–Crippen MR) is 98.6 cm³/mol. The molecule has 1 aromatic rings. The zero-order chi connectivity index (χ0) is 17.0. The number of benzene rings is 1. The van der Waals surface area contributed by atoms with Crippen LogP contribution in [0.4, 0.5) is 0 Å². The molecule has 138 valence electrons. The van der Waals surface area contributed by atoms with E-state index in [-0.39, 0.29) is 29.7 Å². The van der Waals surface area contributed by atoms with Crippen molar-refractivity contribution in [2.45, 2.75) is 38.1 Å². The molecule has 1 aliphatic heterocycles. The number of hydrogen-bond acceptors (Lipinski definition) is 4. The summed E-state index contributed by atoms with van der Waals surface area (Å²) in [6.07, 6.45) is 4.70. The monoisotopic (exact) mass is 366 g/mol. The van der Waals surface area contributed by atoms with Crippen LogP contribution in [-0.2, 0) is 20.7 Å². The summed E-state index contributed by atoms with van der Waals surface area (Å²) in [6.45, 7) is 1.61. The normalized spacial score (nSPS) is 26.0. The Kier molecular flexibility index (Phi) is 6.85. The van der Waals surface area contributed by atoms with E-state index in [1.165, 1.54) is 13.5 Å². The number of amides is 1. The van der Waals surface area contributed by atoms with Crippen molar-refractivity contribution in [3.05, 3.63) is 35.9 Å². The molecule has 2 fully saturated rings. The third kappa shape index (κ3) is 4.15. The lowest BCUT2D eigenvalue weighted by Gasteiger charge is -2.38. The highest BCUT2D eigenvalue weighted by molar-refractivity contribution is 5.89. The van der Waals surface area contributed by atoms with Gasteiger partial charge in [-0.15, -0.1) is 12.4 Å². The fourth-order valence-electron chi connectivity index (χ4n) is 4.18. The summed E-state index contributed by atoms with van der Waals surface area (Å²) < 4.78 is 4.91. The van der Waals surface area contributed by atoms with E-state index >= 15 is 0 Å². The maximum atomic E-state index is 13.1. The first kappa shape index (κ1) is 19.7. The Morgan fingerprint density at radius 3 is 2.80 bits per heavy atom. The van der Waals surface area contributed by atoms with Crippen molar-refractivity contribution in [1.82, 2.24) is 10.6 Å². The van der Waals surface area contributed by atoms with Crippen LogP contribution in [0.1, 0.15) is 31.2 Å². The van der Waals surface area contributed by atoms with Crippen LogP contribution in [0, 0.1) is 11.3 Å². The highest BCUT2D eigenvalue weighted by Crippen LogP contribution is 2.44. The first-order valence-corrected chi connectivity index (χ1v) is 8.79. The summed E-state index contributed by atoms with van der Waals surface area (Å²) in [5.74, 6) is -0.00766. The number of nitrogens with one attached hydrogen (secondary N) is 2. The molecule has 1 aliphatic carbocycles. The van der Waals surface area contributed by atoms with Gasteiger partial charge in [0.05, 0.1) is 12.5 Å². The lowest BCUT2D eigenvalue weighted by atomic mass is 9.67. The van der Waals surface area contributed by atoms with E-state index in [4.69, 9.17) is 4.74 Å². The molecule has 0 bridgehead atoms. The molecule has 1 aromatic carbocycles. The second-order valence-corrected chi connectivity index (χ2v) is 6.97. The number of esters is 1. The molecule has 1 heterocycles. The predicted octanol–water partition coefficient (Wildman–Crippen LogP) is 2.09. The fourth-order valence-corrected chi connectivity index (χ4v) is 4.18. The molecule has 25 heavy (non-hydrogen) atoms. The second-order valence-electron chi connectivity index (χ2n) is 6.97. The Hall–Kier alpha value is -1.59. The summed E-state index contributed by atoms with van der Waals surface area (Å²) in [5.41, 5.74) is 0.650. The zero-order valence-corrected chi connectivity index (χ0v) is 15.4. The van der Waals surface area contributed by atoms with Gasteiger partial charge in [0.1, 0.15) is 6.04 Å². The molecule has 0 radical (unpaired) electrons. The highest BCUT2D eigenvalue weighted by atomic mass is 35.5. The maximum absolute atomic E-state index is 13.1. The van der Waals surface area contributed by atoms with Crippen molar-refractivity contribution >= 4 is 24.3 Å². The average Bonchev–Trinajstić information content (AvgIpc) is 3.06. The number of halogens is 1. The van der Waals surface area contributed by atoms with Gasteiger partial charge < -0.3 is 15.4 Å². The summed E-state index contributed by atoms with van der Waals surface area (Å²) >= 11 is 0. The Bertz CT molecular complexity index is 596. The van der Waals surface area contributed by atoms with Crippen LogP contribution >= 0.6 is 12.4 Å². The summed E-state index contributed by atoms with van der Waals surface area (Å²) in [6, 6.07) is 9.08. The molecule has 1 saturated heterocycles. The smallest absolute Gasteiger partial charge is 0.328 e. The molecular formula is C19H27ClN2O3. The van der Waals surface area contributed by atoms with E-state index in [0.29, 0.717) is 18.9 Å². The van der Waals surface area contributed by atoms with Gasteiger partial charge in [0.2, 0.25) is 5.91 Å². The first-order valence-electron chi connectivity index (χ1n) is 8.79. The number of methoxy groups -OCH3 is 1. The Morgan fingerprint density at radius 1 is 1.32 bits per heavy atom. The lowest BCUT2D eigenvalue weighted by Crippen LogP contribution is -2.53. The number of ether oxygens (including phenoxy) is 1. The van der Waals surface area contributed by atoms with Crippen LogP contribution in [-0.4, -0.2) is 38.1 Å². The van der Waals surface area contributed by atoms with Crippen molar-refractivity contribution in [2.75, 3.05) is 20.2 Å². The summed E-state index contributed by atoms with van der Waals surface area (Å²) in [7, 11) is 1.37. The van der Waals surface area contributed by atoms with Crippen molar-refractivity contribution in [3.8, 4) is 0 Å². The number of hydrogen-bond donors (Lipinski definition) is 2. The molecule has 1 saturated carbocycles. The quantitative estimate of drug-likeness (QED) is 0.783. The van der Waals surface area contributed by atoms with E-state index in [2.05, 4.69) is 10.6 Å². The molecule has 0 aromatic heterocycles. The van der Waals surface area contributed by atoms with E-state index < -0.39 is 6.04 Å². The molecule has 2 aliphatic rings. The van der Waals surface area contributed by atoms with Gasteiger partial charge in [0, 0.05) is 13.0 Å². The van der Waals surface area contributed by atoms with Crippen LogP contribution in [0.15, 0.2) is 30.3 Å². The minimum atomic E-state index is -0.637. The van der Waals surface area contributed by atoms with Gasteiger partial charge in [0.25, 0.3) is 0 Å². The SMILES string of the molecule is COC(=O)C(Cc1ccccc1)NC(=O)[C@@]12CCCC[C@H]1CNC2.Cl. The summed E-state index contributed by atoms with van der Waals surface area (Å²) in [4.78, 5) is 25.2. The molecule has 1 unspecified atom stereocenters. The zero-order valence-electron chi connectivity index (χ0n) is 14.6. The van der Waals surface area contributed by atoms with Crippen LogP contribution in [0.5, 0.6) is 0 Å². The van der Waals surface area contributed by atoms with Gasteiger partial charge in [-0.1, -0.05) is 43.2 Å². The maximum Gasteiger partial charge on any atom is 0.328 e. The van der Waals surface area contributed by atoms with Crippen LogP contribution in [0.25, 0.3) is 0 Å². The highest BCUT2D eigenvalue weighted by Gasteiger charge is 2.50. The number of fused-ring (bicyclic) bond motifs is 1. The van der Waals surface area contributed by atoms with Gasteiger partial charge in [-0.3, -0.25) is 4.79 Å². The van der Waals surface area contributed by atoms with Crippen LogP contribution in [0.2, 0.25) is 0 Å². The van der Waals surface area contributed by atoms with E-state index in [9.17, 15) is 9.59 Å².